The molecule has 0 saturated carbocycles. The third-order valence-corrected chi connectivity index (χ3v) is 2.38. The Hall–Kier alpha value is -0.930. The van der Waals surface area contributed by atoms with Crippen molar-refractivity contribution in [3.8, 4) is 0 Å². The Morgan fingerprint density at radius 3 is 2.80 bits per heavy atom. The Kier molecular flexibility index (Phi) is 4.24. The molecule has 0 bridgehead atoms. The number of nitrogens with zero attached hydrogens (tertiary/aromatic N) is 1. The summed E-state index contributed by atoms with van der Waals surface area (Å²) in [4.78, 5) is 4.25. The first-order valence-electron chi connectivity index (χ1n) is 5.19. The zero-order valence-corrected chi connectivity index (χ0v) is 10.0. The molecule has 1 aromatic heterocycles. The van der Waals surface area contributed by atoms with E-state index >= 15 is 0 Å². The van der Waals surface area contributed by atoms with E-state index in [0.29, 0.717) is 6.61 Å². The zero-order valence-electron chi connectivity index (χ0n) is 10.0. The van der Waals surface area contributed by atoms with Gasteiger partial charge in [0.2, 0.25) is 0 Å². The average Bonchev–Trinajstić information content (AvgIpc) is 2.16. The molecule has 0 saturated heterocycles. The molecule has 0 aliphatic heterocycles. The van der Waals surface area contributed by atoms with E-state index in [1.807, 2.05) is 19.2 Å². The molecule has 15 heavy (non-hydrogen) atoms. The van der Waals surface area contributed by atoms with E-state index < -0.39 is 0 Å². The highest BCUT2D eigenvalue weighted by Crippen LogP contribution is 2.07. The molecular formula is C12H20N2O. The van der Waals surface area contributed by atoms with Gasteiger partial charge in [-0.3, -0.25) is 4.98 Å². The van der Waals surface area contributed by atoms with E-state index in [2.05, 4.69) is 30.2 Å². The van der Waals surface area contributed by atoms with Gasteiger partial charge in [-0.15, -0.1) is 0 Å². The summed E-state index contributed by atoms with van der Waals surface area (Å²) in [7, 11) is 1.72. The molecule has 1 heterocycles. The van der Waals surface area contributed by atoms with Crippen LogP contribution in [-0.2, 0) is 11.3 Å². The van der Waals surface area contributed by atoms with Gasteiger partial charge in [0.15, 0.2) is 0 Å². The fourth-order valence-electron chi connectivity index (χ4n) is 1.45. The molecule has 0 aromatic carbocycles. The van der Waals surface area contributed by atoms with Gasteiger partial charge in [0.1, 0.15) is 0 Å². The van der Waals surface area contributed by atoms with Crippen molar-refractivity contribution in [3.05, 3.63) is 29.6 Å². The van der Waals surface area contributed by atoms with E-state index in [9.17, 15) is 0 Å². The third kappa shape index (κ3) is 3.98. The van der Waals surface area contributed by atoms with Crippen LogP contribution in [0, 0.1) is 6.92 Å². The SMILES string of the molecule is COCC(C)(C)NCc1cccnc1C. The van der Waals surface area contributed by atoms with Crippen LogP contribution in [0.2, 0.25) is 0 Å². The molecule has 3 nitrogen and oxygen atoms in total. The number of aromatic nitrogens is 1. The third-order valence-electron chi connectivity index (χ3n) is 2.38. The molecule has 0 unspecified atom stereocenters. The van der Waals surface area contributed by atoms with Crippen LogP contribution in [0.4, 0.5) is 0 Å². The van der Waals surface area contributed by atoms with Crippen LogP contribution < -0.4 is 5.32 Å². The highest BCUT2D eigenvalue weighted by Gasteiger charge is 2.16. The van der Waals surface area contributed by atoms with Crippen LogP contribution in [0.25, 0.3) is 0 Å². The minimum atomic E-state index is -0.00295. The number of rotatable bonds is 5. The number of pyridine rings is 1. The van der Waals surface area contributed by atoms with E-state index in [0.717, 1.165) is 12.2 Å². The predicted octanol–water partition coefficient (Wildman–Crippen LogP) is 1.90. The lowest BCUT2D eigenvalue weighted by Gasteiger charge is -2.25. The molecule has 0 amide bonds. The fourth-order valence-corrected chi connectivity index (χ4v) is 1.45. The number of hydrogen-bond donors (Lipinski definition) is 1. The van der Waals surface area contributed by atoms with E-state index in [-0.39, 0.29) is 5.54 Å². The molecule has 0 aliphatic carbocycles. The Bertz CT molecular complexity index is 310. The van der Waals surface area contributed by atoms with Crippen LogP contribution in [0.1, 0.15) is 25.1 Å². The smallest absolute Gasteiger partial charge is 0.0639 e. The maximum Gasteiger partial charge on any atom is 0.0639 e. The maximum absolute atomic E-state index is 5.15. The summed E-state index contributed by atoms with van der Waals surface area (Å²) in [5.41, 5.74) is 2.32. The van der Waals surface area contributed by atoms with Crippen LogP contribution in [0.15, 0.2) is 18.3 Å². The molecular weight excluding hydrogens is 188 g/mol. The molecule has 84 valence electrons. The summed E-state index contributed by atoms with van der Waals surface area (Å²) in [6, 6.07) is 4.06. The second-order valence-corrected chi connectivity index (χ2v) is 4.42. The predicted molar refractivity (Wildman–Crippen MR) is 61.8 cm³/mol. The zero-order chi connectivity index (χ0) is 11.3. The molecule has 3 heteroatoms. The van der Waals surface area contributed by atoms with E-state index in [1.54, 1.807) is 7.11 Å². The maximum atomic E-state index is 5.15. The molecule has 0 fully saturated rings. The highest BCUT2D eigenvalue weighted by atomic mass is 16.5. The summed E-state index contributed by atoms with van der Waals surface area (Å²) < 4.78 is 5.15. The second-order valence-electron chi connectivity index (χ2n) is 4.42. The largest absolute Gasteiger partial charge is 0.383 e. The molecule has 0 radical (unpaired) electrons. The number of aryl methyl sites for hydroxylation is 1. The summed E-state index contributed by atoms with van der Waals surface area (Å²) in [6.07, 6.45) is 1.82. The van der Waals surface area contributed by atoms with Crippen LogP contribution >= 0.6 is 0 Å². The van der Waals surface area contributed by atoms with Gasteiger partial charge < -0.3 is 10.1 Å². The topological polar surface area (TPSA) is 34.1 Å². The van der Waals surface area contributed by atoms with Crippen LogP contribution in [0.3, 0.4) is 0 Å². The first kappa shape index (κ1) is 12.1. The Labute approximate surface area is 91.9 Å². The summed E-state index contributed by atoms with van der Waals surface area (Å²) >= 11 is 0. The van der Waals surface area contributed by atoms with Crippen LogP contribution in [-0.4, -0.2) is 24.2 Å². The van der Waals surface area contributed by atoms with Crippen molar-refractivity contribution in [2.75, 3.05) is 13.7 Å². The van der Waals surface area contributed by atoms with Crippen LogP contribution in [0.5, 0.6) is 0 Å². The van der Waals surface area contributed by atoms with Gasteiger partial charge >= 0.3 is 0 Å². The van der Waals surface area contributed by atoms with Crippen molar-refractivity contribution in [2.45, 2.75) is 32.9 Å². The van der Waals surface area contributed by atoms with Gasteiger partial charge in [-0.1, -0.05) is 6.07 Å². The quantitative estimate of drug-likeness (QED) is 0.802. The lowest BCUT2D eigenvalue weighted by atomic mass is 10.1. The number of methoxy groups -OCH3 is 1. The van der Waals surface area contributed by atoms with Crippen molar-refractivity contribution in [1.82, 2.24) is 10.3 Å². The molecule has 0 atom stereocenters. The highest BCUT2D eigenvalue weighted by molar-refractivity contribution is 5.18. The minimum Gasteiger partial charge on any atom is -0.383 e. The molecule has 1 N–H and O–H groups in total. The van der Waals surface area contributed by atoms with Crippen molar-refractivity contribution in [2.24, 2.45) is 0 Å². The Balaban J connectivity index is 2.53. The fraction of sp³-hybridized carbons (Fsp3) is 0.583. The first-order valence-corrected chi connectivity index (χ1v) is 5.19. The van der Waals surface area contributed by atoms with Crippen molar-refractivity contribution in [3.63, 3.8) is 0 Å². The van der Waals surface area contributed by atoms with E-state index in [1.165, 1.54) is 5.56 Å². The standard InChI is InChI=1S/C12H20N2O/c1-10-11(6-5-7-13-10)8-14-12(2,3)9-15-4/h5-7,14H,8-9H2,1-4H3. The Morgan fingerprint density at radius 1 is 1.47 bits per heavy atom. The summed E-state index contributed by atoms with van der Waals surface area (Å²) in [5, 5.41) is 3.45. The van der Waals surface area contributed by atoms with E-state index in [4.69, 9.17) is 4.74 Å². The van der Waals surface area contributed by atoms with Gasteiger partial charge in [-0.25, -0.2) is 0 Å². The molecule has 0 aliphatic rings. The first-order chi connectivity index (χ1) is 7.05. The van der Waals surface area contributed by atoms with Crippen molar-refractivity contribution < 1.29 is 4.74 Å². The lowest BCUT2D eigenvalue weighted by Crippen LogP contribution is -2.42. The molecule has 0 spiro atoms. The summed E-state index contributed by atoms with van der Waals surface area (Å²) in [5.74, 6) is 0. The van der Waals surface area contributed by atoms with Gasteiger partial charge in [-0.2, -0.15) is 0 Å². The number of nitrogens with one attached hydrogen (secondary N) is 1. The number of hydrogen-bond acceptors (Lipinski definition) is 3. The van der Waals surface area contributed by atoms with Gasteiger partial charge in [0, 0.05) is 31.1 Å². The average molecular weight is 208 g/mol. The lowest BCUT2D eigenvalue weighted by molar-refractivity contribution is 0.127. The van der Waals surface area contributed by atoms with Gasteiger partial charge in [0.25, 0.3) is 0 Å². The van der Waals surface area contributed by atoms with Gasteiger partial charge in [0.05, 0.1) is 6.61 Å². The van der Waals surface area contributed by atoms with Crippen molar-refractivity contribution >= 4 is 0 Å². The normalized spacial score (nSPS) is 11.7. The molecule has 1 aromatic rings. The minimum absolute atomic E-state index is 0.00295. The number of ether oxygens (including phenoxy) is 1. The monoisotopic (exact) mass is 208 g/mol. The Morgan fingerprint density at radius 2 is 2.20 bits per heavy atom. The van der Waals surface area contributed by atoms with Crippen molar-refractivity contribution in [1.29, 1.82) is 0 Å². The molecule has 1 rings (SSSR count). The summed E-state index contributed by atoms with van der Waals surface area (Å²) in [6.45, 7) is 7.81. The van der Waals surface area contributed by atoms with Gasteiger partial charge in [-0.05, 0) is 32.4 Å². The second kappa shape index (κ2) is 5.24.